The van der Waals surface area contributed by atoms with Crippen LogP contribution >= 0.6 is 15.9 Å². The van der Waals surface area contributed by atoms with Crippen LogP contribution in [-0.2, 0) is 0 Å². The van der Waals surface area contributed by atoms with Gasteiger partial charge in [0.05, 0.1) is 5.56 Å². The number of alkyl halides is 1. The number of amides is 1. The van der Waals surface area contributed by atoms with Crippen LogP contribution in [0.4, 0.5) is 0 Å². The molecule has 1 rings (SSSR count). The van der Waals surface area contributed by atoms with E-state index < -0.39 is 0 Å². The van der Waals surface area contributed by atoms with Gasteiger partial charge in [-0.25, -0.2) is 0 Å². The second kappa shape index (κ2) is 5.75. The molecule has 0 bridgehead atoms. The minimum atomic E-state index is -0.388. The van der Waals surface area contributed by atoms with Crippen LogP contribution in [0.2, 0.25) is 0 Å². The van der Waals surface area contributed by atoms with Crippen molar-refractivity contribution in [1.29, 1.82) is 0 Å². The molecule has 5 heteroatoms. The van der Waals surface area contributed by atoms with Crippen molar-refractivity contribution < 1.29 is 15.0 Å². The Labute approximate surface area is 102 Å². The summed E-state index contributed by atoms with van der Waals surface area (Å²) in [5.74, 6) is -0.261. The predicted octanol–water partition coefficient (Wildman–Crippen LogP) is 1.86. The van der Waals surface area contributed by atoms with E-state index in [-0.39, 0.29) is 23.0 Å². The van der Waals surface area contributed by atoms with Gasteiger partial charge in [-0.3, -0.25) is 4.79 Å². The van der Waals surface area contributed by atoms with Gasteiger partial charge >= 0.3 is 0 Å². The van der Waals surface area contributed by atoms with Crippen LogP contribution in [0, 0.1) is 5.92 Å². The number of halogens is 1. The molecule has 0 aliphatic heterocycles. The topological polar surface area (TPSA) is 69.6 Å². The number of benzene rings is 1. The summed E-state index contributed by atoms with van der Waals surface area (Å²) in [6.07, 6.45) is 0. The summed E-state index contributed by atoms with van der Waals surface area (Å²) in [5.41, 5.74) is 0.0850. The third-order valence-corrected chi connectivity index (χ3v) is 3.20. The molecule has 3 N–H and O–H groups in total. The van der Waals surface area contributed by atoms with Crippen LogP contribution in [0.5, 0.6) is 11.5 Å². The number of rotatable bonds is 4. The molecule has 0 saturated carbocycles. The lowest BCUT2D eigenvalue weighted by atomic mass is 10.1. The summed E-state index contributed by atoms with van der Waals surface area (Å²) >= 11 is 3.31. The van der Waals surface area contributed by atoms with Crippen LogP contribution in [0.3, 0.4) is 0 Å². The maximum Gasteiger partial charge on any atom is 0.255 e. The summed E-state index contributed by atoms with van der Waals surface area (Å²) in [6, 6.07) is 3.86. The van der Waals surface area contributed by atoms with E-state index in [0.717, 1.165) is 5.33 Å². The number of phenols is 2. The fourth-order valence-electron chi connectivity index (χ4n) is 1.12. The van der Waals surface area contributed by atoms with Gasteiger partial charge in [0, 0.05) is 11.9 Å². The highest BCUT2D eigenvalue weighted by Gasteiger charge is 2.12. The zero-order valence-corrected chi connectivity index (χ0v) is 10.5. The van der Waals surface area contributed by atoms with Gasteiger partial charge in [0.15, 0.2) is 0 Å². The zero-order valence-electron chi connectivity index (χ0n) is 8.90. The standard InChI is InChI=1S/C11H14BrNO3/c1-7(5-12)6-13-11(16)9-4-8(14)2-3-10(9)15/h2-4,7,14-15H,5-6H2,1H3,(H,13,16). The third-order valence-electron chi connectivity index (χ3n) is 2.10. The summed E-state index contributed by atoms with van der Waals surface area (Å²) in [7, 11) is 0. The van der Waals surface area contributed by atoms with Crippen molar-refractivity contribution in [2.75, 3.05) is 11.9 Å². The molecule has 0 spiro atoms. The minimum Gasteiger partial charge on any atom is -0.508 e. The highest BCUT2D eigenvalue weighted by molar-refractivity contribution is 9.09. The number of aromatic hydroxyl groups is 2. The number of carbonyl (C=O) groups is 1. The fourth-order valence-corrected chi connectivity index (χ4v) is 1.35. The van der Waals surface area contributed by atoms with Gasteiger partial charge in [-0.1, -0.05) is 22.9 Å². The Morgan fingerprint density at radius 3 is 2.81 bits per heavy atom. The fraction of sp³-hybridized carbons (Fsp3) is 0.364. The average molecular weight is 288 g/mol. The van der Waals surface area contributed by atoms with Gasteiger partial charge < -0.3 is 15.5 Å². The van der Waals surface area contributed by atoms with Crippen molar-refractivity contribution in [3.63, 3.8) is 0 Å². The molecule has 0 aromatic heterocycles. The lowest BCUT2D eigenvalue weighted by Crippen LogP contribution is -2.28. The smallest absolute Gasteiger partial charge is 0.255 e. The first-order valence-corrected chi connectivity index (χ1v) is 6.03. The molecule has 88 valence electrons. The maximum absolute atomic E-state index is 11.6. The molecule has 4 nitrogen and oxygen atoms in total. The van der Waals surface area contributed by atoms with Gasteiger partial charge in [0.2, 0.25) is 0 Å². The van der Waals surface area contributed by atoms with Crippen LogP contribution in [0.1, 0.15) is 17.3 Å². The normalized spacial score (nSPS) is 12.1. The van der Waals surface area contributed by atoms with E-state index in [0.29, 0.717) is 12.5 Å². The highest BCUT2D eigenvalue weighted by Crippen LogP contribution is 2.21. The zero-order chi connectivity index (χ0) is 12.1. The van der Waals surface area contributed by atoms with E-state index in [4.69, 9.17) is 0 Å². The summed E-state index contributed by atoms with van der Waals surface area (Å²) < 4.78 is 0. The number of hydrogen-bond acceptors (Lipinski definition) is 3. The molecule has 1 amide bonds. The third kappa shape index (κ3) is 3.41. The molecule has 0 radical (unpaired) electrons. The van der Waals surface area contributed by atoms with Gasteiger partial charge in [-0.2, -0.15) is 0 Å². The molecule has 1 aromatic rings. The van der Waals surface area contributed by atoms with Crippen molar-refractivity contribution in [1.82, 2.24) is 5.32 Å². The molecule has 1 aromatic carbocycles. The monoisotopic (exact) mass is 287 g/mol. The average Bonchev–Trinajstić information content (AvgIpc) is 2.28. The van der Waals surface area contributed by atoms with E-state index in [2.05, 4.69) is 21.2 Å². The van der Waals surface area contributed by atoms with Crippen molar-refractivity contribution in [2.45, 2.75) is 6.92 Å². The van der Waals surface area contributed by atoms with Crippen LogP contribution in [0.15, 0.2) is 18.2 Å². The Morgan fingerprint density at radius 1 is 1.50 bits per heavy atom. The minimum absolute atomic E-state index is 0.0449. The van der Waals surface area contributed by atoms with E-state index >= 15 is 0 Å². The summed E-state index contributed by atoms with van der Waals surface area (Å²) in [6.45, 7) is 2.50. The number of carbonyl (C=O) groups excluding carboxylic acids is 1. The second-order valence-electron chi connectivity index (χ2n) is 3.67. The number of nitrogens with one attached hydrogen (secondary N) is 1. The predicted molar refractivity (Wildman–Crippen MR) is 65.1 cm³/mol. The largest absolute Gasteiger partial charge is 0.508 e. The quantitative estimate of drug-likeness (QED) is 0.585. The Balaban J connectivity index is 2.69. The Hall–Kier alpha value is -1.23. The first kappa shape index (κ1) is 12.8. The molecular formula is C11H14BrNO3. The van der Waals surface area contributed by atoms with Crippen LogP contribution in [0.25, 0.3) is 0 Å². The lowest BCUT2D eigenvalue weighted by molar-refractivity contribution is 0.0946. The van der Waals surface area contributed by atoms with Crippen LogP contribution in [-0.4, -0.2) is 28.0 Å². The van der Waals surface area contributed by atoms with E-state index in [1.165, 1.54) is 18.2 Å². The summed E-state index contributed by atoms with van der Waals surface area (Å²) in [4.78, 5) is 11.6. The molecule has 0 saturated heterocycles. The van der Waals surface area contributed by atoms with Crippen molar-refractivity contribution in [3.05, 3.63) is 23.8 Å². The van der Waals surface area contributed by atoms with Gasteiger partial charge in [0.25, 0.3) is 5.91 Å². The van der Waals surface area contributed by atoms with E-state index in [1.54, 1.807) is 0 Å². The summed E-state index contributed by atoms with van der Waals surface area (Å²) in [5, 5.41) is 22.1. The Bertz CT molecular complexity index is 381. The lowest BCUT2D eigenvalue weighted by Gasteiger charge is -2.10. The molecule has 0 heterocycles. The van der Waals surface area contributed by atoms with Gasteiger partial charge in [0.1, 0.15) is 11.5 Å². The first-order chi connectivity index (χ1) is 7.54. The van der Waals surface area contributed by atoms with Crippen molar-refractivity contribution >= 4 is 21.8 Å². The van der Waals surface area contributed by atoms with Crippen molar-refractivity contribution in [3.8, 4) is 11.5 Å². The molecule has 0 aliphatic carbocycles. The number of phenolic OH excluding ortho intramolecular Hbond substituents is 2. The molecule has 16 heavy (non-hydrogen) atoms. The van der Waals surface area contributed by atoms with Gasteiger partial charge in [-0.05, 0) is 24.1 Å². The van der Waals surface area contributed by atoms with Crippen LogP contribution < -0.4 is 5.32 Å². The molecular weight excluding hydrogens is 274 g/mol. The first-order valence-electron chi connectivity index (χ1n) is 4.90. The molecule has 1 atom stereocenters. The Kier molecular flexibility index (Phi) is 4.61. The van der Waals surface area contributed by atoms with Gasteiger partial charge in [-0.15, -0.1) is 0 Å². The van der Waals surface area contributed by atoms with E-state index in [9.17, 15) is 15.0 Å². The number of hydrogen-bond donors (Lipinski definition) is 3. The van der Waals surface area contributed by atoms with Crippen molar-refractivity contribution in [2.24, 2.45) is 5.92 Å². The highest BCUT2D eigenvalue weighted by atomic mass is 79.9. The molecule has 0 fully saturated rings. The maximum atomic E-state index is 11.6. The second-order valence-corrected chi connectivity index (χ2v) is 4.32. The molecule has 1 unspecified atom stereocenters. The molecule has 0 aliphatic rings. The SMILES string of the molecule is CC(CBr)CNC(=O)c1cc(O)ccc1O. The van der Waals surface area contributed by atoms with E-state index in [1.807, 2.05) is 6.92 Å². The Morgan fingerprint density at radius 2 is 2.19 bits per heavy atom.